The highest BCUT2D eigenvalue weighted by Gasteiger charge is 2.37. The van der Waals surface area contributed by atoms with Crippen molar-refractivity contribution in [2.24, 2.45) is 0 Å². The first kappa shape index (κ1) is 25.6. The standard InChI is InChI=1S/C21H24F3N3O6S2/c22-21(23,24)13-8-15(34(30,31)14-4-1-2-5-14)10-16(9-13)35(32,33)26-18-6-3-7-19-17(18)11-25-27(19)12-20(28)29/h8-11,14,18,26H,1-7,12H2,(H,28,29)/t18-/m1/s1. The molecule has 1 saturated carbocycles. The molecule has 0 saturated heterocycles. The SMILES string of the molecule is O=C(O)Cn1ncc2c1CCC[C@H]2NS(=O)(=O)c1cc(C(F)(F)F)cc(S(=O)(=O)C2CCCC2)c1. The van der Waals surface area contributed by atoms with Crippen molar-refractivity contribution in [3.05, 3.63) is 41.2 Å². The third-order valence-corrected chi connectivity index (χ3v) is 10.1. The van der Waals surface area contributed by atoms with Crippen molar-refractivity contribution in [3.63, 3.8) is 0 Å². The van der Waals surface area contributed by atoms with E-state index in [9.17, 15) is 34.8 Å². The number of alkyl halides is 3. The number of rotatable bonds is 7. The molecule has 14 heteroatoms. The lowest BCUT2D eigenvalue weighted by Gasteiger charge is -2.24. The normalized spacial score (nSPS) is 19.6. The summed E-state index contributed by atoms with van der Waals surface area (Å²) >= 11 is 0. The number of nitrogens with one attached hydrogen (secondary N) is 1. The van der Waals surface area contributed by atoms with Crippen LogP contribution in [0.4, 0.5) is 13.2 Å². The van der Waals surface area contributed by atoms with Crippen molar-refractivity contribution < 1.29 is 39.9 Å². The van der Waals surface area contributed by atoms with Crippen LogP contribution in [0.25, 0.3) is 0 Å². The fraction of sp³-hybridized carbons (Fsp3) is 0.524. The Morgan fingerprint density at radius 2 is 1.71 bits per heavy atom. The van der Waals surface area contributed by atoms with Crippen molar-refractivity contribution in [3.8, 4) is 0 Å². The van der Waals surface area contributed by atoms with Gasteiger partial charge >= 0.3 is 12.1 Å². The molecule has 35 heavy (non-hydrogen) atoms. The van der Waals surface area contributed by atoms with Gasteiger partial charge in [0.2, 0.25) is 10.0 Å². The molecular formula is C21H24F3N3O6S2. The number of halogens is 3. The summed E-state index contributed by atoms with van der Waals surface area (Å²) in [5.41, 5.74) is -0.401. The van der Waals surface area contributed by atoms with Gasteiger partial charge in [-0.1, -0.05) is 12.8 Å². The molecule has 192 valence electrons. The number of carbonyl (C=O) groups is 1. The van der Waals surface area contributed by atoms with E-state index in [0.717, 1.165) is 6.07 Å². The zero-order valence-electron chi connectivity index (χ0n) is 18.5. The molecule has 1 heterocycles. The van der Waals surface area contributed by atoms with Crippen LogP contribution in [0, 0.1) is 0 Å². The van der Waals surface area contributed by atoms with Crippen molar-refractivity contribution >= 4 is 25.8 Å². The Labute approximate surface area is 200 Å². The van der Waals surface area contributed by atoms with Crippen LogP contribution in [-0.2, 0) is 43.8 Å². The molecule has 0 bridgehead atoms. The van der Waals surface area contributed by atoms with Crippen molar-refractivity contribution in [1.29, 1.82) is 0 Å². The lowest BCUT2D eigenvalue weighted by Crippen LogP contribution is -2.31. The highest BCUT2D eigenvalue weighted by molar-refractivity contribution is 7.92. The molecule has 4 rings (SSSR count). The number of carboxylic acids is 1. The summed E-state index contributed by atoms with van der Waals surface area (Å²) in [6.45, 7) is -0.412. The van der Waals surface area contributed by atoms with Gasteiger partial charge in [-0.3, -0.25) is 9.48 Å². The highest BCUT2D eigenvalue weighted by Crippen LogP contribution is 2.37. The lowest BCUT2D eigenvalue weighted by molar-refractivity contribution is -0.138. The third kappa shape index (κ3) is 5.23. The van der Waals surface area contributed by atoms with E-state index >= 15 is 0 Å². The molecule has 2 aromatic rings. The van der Waals surface area contributed by atoms with Crippen LogP contribution in [0.3, 0.4) is 0 Å². The number of hydrogen-bond donors (Lipinski definition) is 2. The Morgan fingerprint density at radius 1 is 1.06 bits per heavy atom. The van der Waals surface area contributed by atoms with Gasteiger partial charge in [-0.05, 0) is 50.3 Å². The fourth-order valence-corrected chi connectivity index (χ4v) is 8.02. The first-order chi connectivity index (χ1) is 16.3. The summed E-state index contributed by atoms with van der Waals surface area (Å²) in [6, 6.07) is 0.841. The van der Waals surface area contributed by atoms with Crippen molar-refractivity contribution in [2.75, 3.05) is 0 Å². The molecule has 2 aliphatic rings. The molecule has 1 atom stereocenters. The number of fused-ring (bicyclic) bond motifs is 1. The fourth-order valence-electron chi connectivity index (χ4n) is 4.71. The van der Waals surface area contributed by atoms with Gasteiger partial charge in [0.1, 0.15) is 6.54 Å². The van der Waals surface area contributed by atoms with E-state index in [1.165, 1.54) is 10.9 Å². The molecular weight excluding hydrogens is 511 g/mol. The third-order valence-electron chi connectivity index (χ3n) is 6.43. The average Bonchev–Trinajstić information content (AvgIpc) is 3.44. The molecule has 0 amide bonds. The van der Waals surface area contributed by atoms with Crippen molar-refractivity contribution in [1.82, 2.24) is 14.5 Å². The van der Waals surface area contributed by atoms with Gasteiger partial charge in [-0.25, -0.2) is 21.6 Å². The van der Waals surface area contributed by atoms with Gasteiger partial charge in [0.15, 0.2) is 9.84 Å². The van der Waals surface area contributed by atoms with E-state index in [2.05, 4.69) is 9.82 Å². The van der Waals surface area contributed by atoms with Gasteiger partial charge in [0, 0.05) is 11.3 Å². The Bertz CT molecular complexity index is 1350. The van der Waals surface area contributed by atoms with E-state index in [0.29, 0.717) is 68.3 Å². The van der Waals surface area contributed by atoms with Crippen LogP contribution < -0.4 is 4.72 Å². The summed E-state index contributed by atoms with van der Waals surface area (Å²) in [5, 5.41) is 12.2. The number of sulfone groups is 1. The van der Waals surface area contributed by atoms with Crippen LogP contribution >= 0.6 is 0 Å². The van der Waals surface area contributed by atoms with Crippen LogP contribution in [0.2, 0.25) is 0 Å². The minimum Gasteiger partial charge on any atom is -0.480 e. The van der Waals surface area contributed by atoms with Crippen molar-refractivity contribution in [2.45, 2.75) is 78.7 Å². The number of benzene rings is 1. The second-order valence-corrected chi connectivity index (χ2v) is 12.7. The van der Waals surface area contributed by atoms with Gasteiger partial charge in [0.05, 0.1) is 32.8 Å². The monoisotopic (exact) mass is 535 g/mol. The minimum atomic E-state index is -4.96. The van der Waals surface area contributed by atoms with Crippen LogP contribution in [-0.4, -0.2) is 42.9 Å². The number of hydrogen-bond acceptors (Lipinski definition) is 6. The Morgan fingerprint density at radius 3 is 2.34 bits per heavy atom. The van der Waals surface area contributed by atoms with E-state index in [-0.39, 0.29) is 0 Å². The quantitative estimate of drug-likeness (QED) is 0.556. The van der Waals surface area contributed by atoms with Gasteiger partial charge in [-0.2, -0.15) is 18.3 Å². The van der Waals surface area contributed by atoms with E-state index in [1.54, 1.807) is 0 Å². The summed E-state index contributed by atoms with van der Waals surface area (Å²) in [6.07, 6.45) is -0.451. The summed E-state index contributed by atoms with van der Waals surface area (Å²) in [5.74, 6) is -1.13. The molecule has 1 aromatic carbocycles. The average molecular weight is 536 g/mol. The van der Waals surface area contributed by atoms with E-state index < -0.39 is 65.2 Å². The predicted molar refractivity (Wildman–Crippen MR) is 117 cm³/mol. The molecule has 1 aromatic heterocycles. The molecule has 2 aliphatic carbocycles. The topological polar surface area (TPSA) is 135 Å². The van der Waals surface area contributed by atoms with Crippen LogP contribution in [0.5, 0.6) is 0 Å². The maximum atomic E-state index is 13.6. The molecule has 0 unspecified atom stereocenters. The zero-order chi connectivity index (χ0) is 25.6. The van der Waals surface area contributed by atoms with E-state index in [1.807, 2.05) is 0 Å². The summed E-state index contributed by atoms with van der Waals surface area (Å²) < 4.78 is 96.8. The highest BCUT2D eigenvalue weighted by atomic mass is 32.2. The number of aromatic nitrogens is 2. The van der Waals surface area contributed by atoms with Gasteiger partial charge in [-0.15, -0.1) is 0 Å². The number of nitrogens with zero attached hydrogens (tertiary/aromatic N) is 2. The molecule has 0 spiro atoms. The van der Waals surface area contributed by atoms with Gasteiger partial charge in [0.25, 0.3) is 0 Å². The molecule has 0 radical (unpaired) electrons. The molecule has 9 nitrogen and oxygen atoms in total. The van der Waals surface area contributed by atoms with Crippen LogP contribution in [0.15, 0.2) is 34.2 Å². The smallest absolute Gasteiger partial charge is 0.416 e. The number of carboxylic acid groups (broad SMARTS) is 1. The lowest BCUT2D eigenvalue weighted by atomic mass is 9.94. The van der Waals surface area contributed by atoms with E-state index in [4.69, 9.17) is 5.11 Å². The second kappa shape index (κ2) is 9.21. The Hall–Kier alpha value is -2.45. The maximum absolute atomic E-state index is 13.6. The molecule has 1 fully saturated rings. The number of sulfonamides is 1. The Balaban J connectivity index is 1.72. The number of aliphatic carboxylic acids is 1. The second-order valence-electron chi connectivity index (χ2n) is 8.81. The minimum absolute atomic E-state index is 0.310. The largest absolute Gasteiger partial charge is 0.480 e. The first-order valence-corrected chi connectivity index (χ1v) is 14.1. The Kier molecular flexibility index (Phi) is 6.74. The van der Waals surface area contributed by atoms with Crippen LogP contribution in [0.1, 0.15) is 61.4 Å². The summed E-state index contributed by atoms with van der Waals surface area (Å²) in [7, 11) is -8.73. The van der Waals surface area contributed by atoms with Gasteiger partial charge < -0.3 is 5.11 Å². The summed E-state index contributed by atoms with van der Waals surface area (Å²) in [4.78, 5) is 9.59. The maximum Gasteiger partial charge on any atom is 0.416 e. The first-order valence-electron chi connectivity index (χ1n) is 11.0. The predicted octanol–water partition coefficient (Wildman–Crippen LogP) is 3.06. The molecule has 2 N–H and O–H groups in total. The molecule has 0 aliphatic heterocycles. The zero-order valence-corrected chi connectivity index (χ0v) is 20.1.